The maximum atomic E-state index is 5.27. The van der Waals surface area contributed by atoms with Crippen LogP contribution in [0.5, 0.6) is 0 Å². The normalized spacial score (nSPS) is 30.4. The summed E-state index contributed by atoms with van der Waals surface area (Å²) in [4.78, 5) is 0. The molecule has 8 heavy (non-hydrogen) atoms. The van der Waals surface area contributed by atoms with Crippen molar-refractivity contribution in [2.45, 2.75) is 12.8 Å². The van der Waals surface area contributed by atoms with E-state index in [0.717, 1.165) is 19.1 Å². The molecule has 0 radical (unpaired) electrons. The molecule has 0 amide bonds. The van der Waals surface area contributed by atoms with Crippen LogP contribution in [0.4, 0.5) is 0 Å². The van der Waals surface area contributed by atoms with Gasteiger partial charge in [0.25, 0.3) is 0 Å². The minimum absolute atomic E-state index is 0.851. The second-order valence-corrected chi connectivity index (χ2v) is 3.12. The number of hydrogen-bond donors (Lipinski definition) is 0. The highest BCUT2D eigenvalue weighted by molar-refractivity contribution is 14.1. The fraction of sp³-hybridized carbons (Fsp3) is 1.00. The molecule has 1 saturated heterocycles. The molecule has 2 heteroatoms. The molecule has 1 heterocycles. The molecule has 0 aromatic carbocycles. The molecule has 1 aliphatic rings. The van der Waals surface area contributed by atoms with E-state index in [1.165, 1.54) is 17.3 Å². The molecule has 0 aromatic heterocycles. The lowest BCUT2D eigenvalue weighted by Gasteiger charge is -2.19. The van der Waals surface area contributed by atoms with Gasteiger partial charge in [0.2, 0.25) is 0 Å². The Bertz CT molecular complexity index is 59.5. The first-order valence-electron chi connectivity index (χ1n) is 3.07. The van der Waals surface area contributed by atoms with E-state index in [-0.39, 0.29) is 0 Å². The second-order valence-electron chi connectivity index (χ2n) is 2.24. The van der Waals surface area contributed by atoms with Crippen LogP contribution in [-0.4, -0.2) is 17.6 Å². The van der Waals surface area contributed by atoms with Gasteiger partial charge >= 0.3 is 0 Å². The van der Waals surface area contributed by atoms with Gasteiger partial charge in [-0.1, -0.05) is 22.6 Å². The summed E-state index contributed by atoms with van der Waals surface area (Å²) in [7, 11) is 0. The largest absolute Gasteiger partial charge is 0.381 e. The Kier molecular flexibility index (Phi) is 3.12. The number of rotatable bonds is 1. The fourth-order valence-corrected chi connectivity index (χ4v) is 1.62. The van der Waals surface area contributed by atoms with Crippen LogP contribution in [0.3, 0.4) is 0 Å². The van der Waals surface area contributed by atoms with Crippen LogP contribution >= 0.6 is 22.6 Å². The number of alkyl halides is 1. The van der Waals surface area contributed by atoms with E-state index >= 15 is 0 Å². The first kappa shape index (κ1) is 6.81. The minimum Gasteiger partial charge on any atom is -0.381 e. The summed E-state index contributed by atoms with van der Waals surface area (Å²) in [5.41, 5.74) is 0. The highest BCUT2D eigenvalue weighted by Crippen LogP contribution is 2.14. The van der Waals surface area contributed by atoms with Crippen molar-refractivity contribution in [3.63, 3.8) is 0 Å². The van der Waals surface area contributed by atoms with Crippen molar-refractivity contribution in [2.24, 2.45) is 5.92 Å². The molecule has 1 unspecified atom stereocenters. The summed E-state index contributed by atoms with van der Waals surface area (Å²) in [5, 5.41) is 0. The Morgan fingerprint density at radius 2 is 2.50 bits per heavy atom. The van der Waals surface area contributed by atoms with E-state index in [4.69, 9.17) is 4.74 Å². The Labute approximate surface area is 63.9 Å². The van der Waals surface area contributed by atoms with Crippen molar-refractivity contribution in [2.75, 3.05) is 17.6 Å². The average Bonchev–Trinajstić information content (AvgIpc) is 1.90. The van der Waals surface area contributed by atoms with Gasteiger partial charge in [-0.3, -0.25) is 0 Å². The molecule has 1 atom stereocenters. The van der Waals surface area contributed by atoms with Crippen LogP contribution in [0.2, 0.25) is 0 Å². The maximum absolute atomic E-state index is 5.27. The number of hydrogen-bond acceptors (Lipinski definition) is 1. The zero-order valence-corrected chi connectivity index (χ0v) is 7.06. The Morgan fingerprint density at radius 3 is 2.88 bits per heavy atom. The van der Waals surface area contributed by atoms with Gasteiger partial charge in [-0.2, -0.15) is 0 Å². The first-order chi connectivity index (χ1) is 3.93. The Hall–Kier alpha value is 0.690. The van der Waals surface area contributed by atoms with E-state index in [1.807, 2.05) is 0 Å². The van der Waals surface area contributed by atoms with Gasteiger partial charge in [0, 0.05) is 11.0 Å². The van der Waals surface area contributed by atoms with Crippen molar-refractivity contribution in [1.82, 2.24) is 0 Å². The Morgan fingerprint density at radius 1 is 1.62 bits per heavy atom. The van der Waals surface area contributed by atoms with E-state index in [0.29, 0.717) is 0 Å². The van der Waals surface area contributed by atoms with Crippen LogP contribution < -0.4 is 0 Å². The zero-order chi connectivity index (χ0) is 5.82. The lowest BCUT2D eigenvalue weighted by Crippen LogP contribution is -2.17. The summed E-state index contributed by atoms with van der Waals surface area (Å²) in [6.07, 6.45) is 2.65. The minimum atomic E-state index is 0.851. The van der Waals surface area contributed by atoms with Gasteiger partial charge in [0.1, 0.15) is 0 Å². The topological polar surface area (TPSA) is 9.23 Å². The third kappa shape index (κ3) is 1.90. The van der Waals surface area contributed by atoms with Crippen LogP contribution in [0.15, 0.2) is 0 Å². The molecule has 1 rings (SSSR count). The first-order valence-corrected chi connectivity index (χ1v) is 4.59. The summed E-state index contributed by atoms with van der Waals surface area (Å²) < 4.78 is 6.53. The summed E-state index contributed by atoms with van der Waals surface area (Å²) in [6, 6.07) is 0. The predicted molar refractivity (Wildman–Crippen MR) is 42.4 cm³/mol. The van der Waals surface area contributed by atoms with Gasteiger partial charge < -0.3 is 4.74 Å². The molecule has 0 saturated carbocycles. The molecule has 48 valence electrons. The quantitative estimate of drug-likeness (QED) is 0.489. The fourth-order valence-electron chi connectivity index (χ4n) is 0.929. The lowest BCUT2D eigenvalue weighted by molar-refractivity contribution is 0.0642. The second kappa shape index (κ2) is 3.67. The smallest absolute Gasteiger partial charge is 0.0501 e. The highest BCUT2D eigenvalue weighted by atomic mass is 127. The van der Waals surface area contributed by atoms with Crippen LogP contribution in [0.1, 0.15) is 12.8 Å². The molecule has 0 spiro atoms. The van der Waals surface area contributed by atoms with Gasteiger partial charge in [-0.05, 0) is 18.8 Å². The van der Waals surface area contributed by atoms with E-state index in [1.54, 1.807) is 0 Å². The van der Waals surface area contributed by atoms with Crippen molar-refractivity contribution >= 4 is 22.6 Å². The van der Waals surface area contributed by atoms with Crippen molar-refractivity contribution in [3.05, 3.63) is 0 Å². The maximum Gasteiger partial charge on any atom is 0.0501 e. The molecule has 0 aromatic rings. The summed E-state index contributed by atoms with van der Waals surface area (Å²) in [5.74, 6) is 0.851. The summed E-state index contributed by atoms with van der Waals surface area (Å²) >= 11 is 2.43. The van der Waals surface area contributed by atoms with Crippen LogP contribution in [0, 0.1) is 5.92 Å². The third-order valence-corrected chi connectivity index (χ3v) is 2.72. The highest BCUT2D eigenvalue weighted by Gasteiger charge is 2.10. The number of ether oxygens (including phenoxy) is 1. The van der Waals surface area contributed by atoms with Crippen molar-refractivity contribution in [3.8, 4) is 0 Å². The molecule has 1 aliphatic heterocycles. The monoisotopic (exact) mass is 226 g/mol. The molecule has 1 fully saturated rings. The van der Waals surface area contributed by atoms with E-state index in [9.17, 15) is 0 Å². The van der Waals surface area contributed by atoms with Crippen molar-refractivity contribution in [1.29, 1.82) is 0 Å². The standard InChI is InChI=1S/C6H11IO/c7-4-6-2-1-3-8-5-6/h6H,1-5H2. The number of halogens is 1. The Balaban J connectivity index is 2.13. The van der Waals surface area contributed by atoms with Crippen molar-refractivity contribution < 1.29 is 4.74 Å². The van der Waals surface area contributed by atoms with E-state index < -0.39 is 0 Å². The van der Waals surface area contributed by atoms with Gasteiger partial charge in [-0.25, -0.2) is 0 Å². The molecular formula is C6H11IO. The molecule has 0 aliphatic carbocycles. The molecular weight excluding hydrogens is 215 g/mol. The zero-order valence-electron chi connectivity index (χ0n) is 4.90. The van der Waals surface area contributed by atoms with Gasteiger partial charge in [0.05, 0.1) is 6.61 Å². The lowest BCUT2D eigenvalue weighted by atomic mass is 10.1. The van der Waals surface area contributed by atoms with Gasteiger partial charge in [0.15, 0.2) is 0 Å². The van der Waals surface area contributed by atoms with E-state index in [2.05, 4.69) is 22.6 Å². The SMILES string of the molecule is ICC1CCCOC1. The van der Waals surface area contributed by atoms with Crippen LogP contribution in [-0.2, 0) is 4.74 Å². The predicted octanol–water partition coefficient (Wildman–Crippen LogP) is 1.85. The molecule has 1 nitrogen and oxygen atoms in total. The third-order valence-electron chi connectivity index (χ3n) is 1.47. The van der Waals surface area contributed by atoms with Gasteiger partial charge in [-0.15, -0.1) is 0 Å². The molecule has 0 N–H and O–H groups in total. The molecule has 0 bridgehead atoms. The van der Waals surface area contributed by atoms with Crippen LogP contribution in [0.25, 0.3) is 0 Å². The average molecular weight is 226 g/mol. The summed E-state index contributed by atoms with van der Waals surface area (Å²) in [6.45, 7) is 2.00.